The fraction of sp³-hybridized carbons (Fsp3) is 0.480. The fourth-order valence-corrected chi connectivity index (χ4v) is 7.04. The maximum Gasteiger partial charge on any atom is 0.146 e. The lowest BCUT2D eigenvalue weighted by Gasteiger charge is -2.39. The summed E-state index contributed by atoms with van der Waals surface area (Å²) in [6, 6.07) is 10.2. The SMILES string of the molecule is CCCCC1C(C=O)=CC(I)=C(OCCN(CC)CC)C1(I)c1cc2ccccc2o1.Cl. The first kappa shape index (κ1) is 27.7. The van der Waals surface area contributed by atoms with Crippen LogP contribution >= 0.6 is 57.6 Å². The lowest BCUT2D eigenvalue weighted by Crippen LogP contribution is -2.37. The molecule has 1 heterocycles. The molecule has 176 valence electrons. The van der Waals surface area contributed by atoms with E-state index in [1.54, 1.807) is 0 Å². The summed E-state index contributed by atoms with van der Waals surface area (Å²) in [6.45, 7) is 10.0. The minimum absolute atomic E-state index is 0. The van der Waals surface area contributed by atoms with Crippen LogP contribution in [0.5, 0.6) is 0 Å². The second kappa shape index (κ2) is 12.8. The third-order valence-electron chi connectivity index (χ3n) is 6.04. The number of ether oxygens (including phenoxy) is 1. The number of unbranched alkanes of at least 4 members (excludes halogenated alkanes) is 1. The van der Waals surface area contributed by atoms with Crippen molar-refractivity contribution in [3.63, 3.8) is 0 Å². The van der Waals surface area contributed by atoms with Gasteiger partial charge in [-0.15, -0.1) is 12.4 Å². The van der Waals surface area contributed by atoms with E-state index >= 15 is 0 Å². The van der Waals surface area contributed by atoms with Gasteiger partial charge in [-0.25, -0.2) is 0 Å². The van der Waals surface area contributed by atoms with Crippen molar-refractivity contribution >= 4 is 74.8 Å². The van der Waals surface area contributed by atoms with Crippen LogP contribution in [0.4, 0.5) is 0 Å². The van der Waals surface area contributed by atoms with Gasteiger partial charge < -0.3 is 14.1 Å². The van der Waals surface area contributed by atoms with Crippen molar-refractivity contribution in [2.24, 2.45) is 5.92 Å². The summed E-state index contributed by atoms with van der Waals surface area (Å²) in [4.78, 5) is 14.4. The number of allylic oxidation sites excluding steroid dienone is 4. The molecule has 0 amide bonds. The Kier molecular flexibility index (Phi) is 11.0. The van der Waals surface area contributed by atoms with E-state index in [1.807, 2.05) is 24.3 Å². The van der Waals surface area contributed by atoms with Gasteiger partial charge in [0.05, 0.1) is 3.58 Å². The number of rotatable bonds is 11. The topological polar surface area (TPSA) is 42.7 Å². The summed E-state index contributed by atoms with van der Waals surface area (Å²) in [5, 5.41) is 1.07. The van der Waals surface area contributed by atoms with Crippen LogP contribution in [0.2, 0.25) is 0 Å². The summed E-state index contributed by atoms with van der Waals surface area (Å²) in [5.74, 6) is 1.77. The molecule has 4 nitrogen and oxygen atoms in total. The number of hydrogen-bond acceptors (Lipinski definition) is 4. The number of alkyl halides is 1. The quantitative estimate of drug-likeness (QED) is 0.140. The summed E-state index contributed by atoms with van der Waals surface area (Å²) >= 11 is 4.80. The van der Waals surface area contributed by atoms with Crippen LogP contribution in [0.25, 0.3) is 11.0 Å². The number of hydrogen-bond donors (Lipinski definition) is 0. The molecule has 0 N–H and O–H groups in total. The molecule has 1 aliphatic carbocycles. The minimum atomic E-state index is -0.559. The van der Waals surface area contributed by atoms with Crippen LogP contribution in [-0.2, 0) is 13.0 Å². The minimum Gasteiger partial charge on any atom is -0.494 e. The Bertz CT molecular complexity index is 934. The van der Waals surface area contributed by atoms with Gasteiger partial charge in [0.15, 0.2) is 0 Å². The number of furan rings is 1. The first-order valence-electron chi connectivity index (χ1n) is 11.1. The Balaban J connectivity index is 0.00000363. The Hall–Kier alpha value is -0.580. The van der Waals surface area contributed by atoms with Crippen molar-refractivity contribution in [1.82, 2.24) is 4.90 Å². The third-order valence-corrected chi connectivity index (χ3v) is 8.61. The van der Waals surface area contributed by atoms with Gasteiger partial charge in [0.1, 0.15) is 33.4 Å². The van der Waals surface area contributed by atoms with E-state index in [2.05, 4.69) is 83.0 Å². The van der Waals surface area contributed by atoms with Crippen LogP contribution in [0.15, 0.2) is 55.7 Å². The second-order valence-electron chi connectivity index (χ2n) is 7.87. The molecule has 0 aliphatic heterocycles. The first-order chi connectivity index (χ1) is 15.0. The molecule has 7 heteroatoms. The molecule has 0 radical (unpaired) electrons. The Morgan fingerprint density at radius 2 is 1.94 bits per heavy atom. The molecule has 2 aromatic rings. The van der Waals surface area contributed by atoms with Gasteiger partial charge in [-0.3, -0.25) is 4.79 Å². The standard InChI is InChI=1S/C25H31I2NO3.ClH/c1-4-7-11-20-19(17-29)15-21(26)24(30-14-13-28(5-2)6-3)25(20,27)23-16-18-10-8-9-12-22(18)31-23;/h8-10,12,15-17,20H,4-7,11,13-14H2,1-3H3;1H. The Labute approximate surface area is 224 Å². The number of halogens is 3. The number of carbonyl (C=O) groups is 1. The number of nitrogens with zero attached hydrogens (tertiary/aromatic N) is 1. The van der Waals surface area contributed by atoms with Crippen LogP contribution in [0.3, 0.4) is 0 Å². The van der Waals surface area contributed by atoms with E-state index < -0.39 is 3.42 Å². The summed E-state index contributed by atoms with van der Waals surface area (Å²) < 4.78 is 13.3. The predicted molar refractivity (Wildman–Crippen MR) is 151 cm³/mol. The van der Waals surface area contributed by atoms with Crippen molar-refractivity contribution in [2.45, 2.75) is 43.5 Å². The predicted octanol–water partition coefficient (Wildman–Crippen LogP) is 7.44. The van der Waals surface area contributed by atoms with Gasteiger partial charge in [-0.2, -0.15) is 0 Å². The lowest BCUT2D eigenvalue weighted by atomic mass is 9.76. The molecule has 1 aromatic heterocycles. The normalized spacial score (nSPS) is 20.9. The number of aldehydes is 1. The molecule has 32 heavy (non-hydrogen) atoms. The molecule has 2 unspecified atom stereocenters. The van der Waals surface area contributed by atoms with Crippen LogP contribution in [0, 0.1) is 5.92 Å². The first-order valence-corrected chi connectivity index (χ1v) is 13.2. The van der Waals surface area contributed by atoms with Crippen LogP contribution in [0.1, 0.15) is 45.8 Å². The van der Waals surface area contributed by atoms with Gasteiger partial charge >= 0.3 is 0 Å². The molecule has 3 rings (SSSR count). The maximum absolute atomic E-state index is 12.1. The summed E-state index contributed by atoms with van der Waals surface area (Å²) in [7, 11) is 0. The number of fused-ring (bicyclic) bond motifs is 1. The third kappa shape index (κ3) is 5.73. The molecular weight excluding hydrogens is 652 g/mol. The number of para-hydroxylation sites is 1. The number of benzene rings is 1. The molecule has 2 atom stereocenters. The Morgan fingerprint density at radius 1 is 1.22 bits per heavy atom. The zero-order valence-electron chi connectivity index (χ0n) is 18.9. The summed E-state index contributed by atoms with van der Waals surface area (Å²) in [6.07, 6.45) is 6.05. The largest absolute Gasteiger partial charge is 0.494 e. The molecule has 0 saturated carbocycles. The van der Waals surface area contributed by atoms with Crippen molar-refractivity contribution in [1.29, 1.82) is 0 Å². The molecule has 0 fully saturated rings. The Morgan fingerprint density at radius 3 is 2.56 bits per heavy atom. The van der Waals surface area contributed by atoms with Gasteiger partial charge in [0.2, 0.25) is 0 Å². The van der Waals surface area contributed by atoms with Gasteiger partial charge in [-0.05, 0) is 65.9 Å². The highest BCUT2D eigenvalue weighted by Gasteiger charge is 2.50. The molecular formula is C25H32ClI2NO3. The highest BCUT2D eigenvalue weighted by molar-refractivity contribution is 14.1. The average Bonchev–Trinajstić information content (AvgIpc) is 3.22. The van der Waals surface area contributed by atoms with Crippen molar-refractivity contribution in [2.75, 3.05) is 26.2 Å². The van der Waals surface area contributed by atoms with Crippen molar-refractivity contribution in [3.05, 3.63) is 57.1 Å². The average molecular weight is 684 g/mol. The zero-order chi connectivity index (χ0) is 22.4. The van der Waals surface area contributed by atoms with E-state index in [-0.39, 0.29) is 18.3 Å². The number of likely N-dealkylation sites (N-methyl/N-ethyl adjacent to an activating group) is 1. The zero-order valence-corrected chi connectivity index (χ0v) is 24.0. The van der Waals surface area contributed by atoms with E-state index in [4.69, 9.17) is 9.15 Å². The molecule has 0 spiro atoms. The highest BCUT2D eigenvalue weighted by Crippen LogP contribution is 2.55. The van der Waals surface area contributed by atoms with Crippen LogP contribution < -0.4 is 0 Å². The molecule has 0 bridgehead atoms. The molecule has 0 saturated heterocycles. The smallest absolute Gasteiger partial charge is 0.146 e. The maximum atomic E-state index is 12.1. The van der Waals surface area contributed by atoms with Gasteiger partial charge in [-0.1, -0.05) is 74.4 Å². The fourth-order valence-electron chi connectivity index (χ4n) is 4.20. The van der Waals surface area contributed by atoms with Crippen LogP contribution in [-0.4, -0.2) is 37.4 Å². The van der Waals surface area contributed by atoms with E-state index in [0.717, 1.165) is 76.8 Å². The van der Waals surface area contributed by atoms with Crippen molar-refractivity contribution < 1.29 is 13.9 Å². The summed E-state index contributed by atoms with van der Waals surface area (Å²) in [5.41, 5.74) is 1.69. The second-order valence-corrected chi connectivity index (χ2v) is 10.7. The van der Waals surface area contributed by atoms with Crippen molar-refractivity contribution in [3.8, 4) is 0 Å². The van der Waals surface area contributed by atoms with E-state index in [9.17, 15) is 4.79 Å². The van der Waals surface area contributed by atoms with Gasteiger partial charge in [0.25, 0.3) is 0 Å². The van der Waals surface area contributed by atoms with E-state index in [0.29, 0.717) is 6.61 Å². The molecule has 1 aliphatic rings. The molecule has 1 aromatic carbocycles. The number of carbonyl (C=O) groups excluding carboxylic acids is 1. The van der Waals surface area contributed by atoms with Gasteiger partial charge in [0, 0.05) is 17.8 Å². The van der Waals surface area contributed by atoms with E-state index in [1.165, 1.54) is 0 Å². The highest BCUT2D eigenvalue weighted by atomic mass is 127. The monoisotopic (exact) mass is 683 g/mol. The lowest BCUT2D eigenvalue weighted by molar-refractivity contribution is -0.105.